The molecule has 0 spiro atoms. The van der Waals surface area contributed by atoms with E-state index < -0.39 is 0 Å². The van der Waals surface area contributed by atoms with Crippen molar-refractivity contribution in [3.05, 3.63) is 54.1 Å². The molecule has 0 unspecified atom stereocenters. The Balaban J connectivity index is 1.42. The standard InChI is InChI=1S/C18H20N4O3/c23-18(13-6-8-20-21-11-13)22-9-10-24-17-15(22)4-5-16(17)25-12-14-3-1-2-7-19-14/h1-3,6-8,11,15-17H,4-5,9-10,12H2/t15-,16+,17+/m0/s1. The minimum Gasteiger partial charge on any atom is -0.372 e. The van der Waals surface area contributed by atoms with E-state index in [4.69, 9.17) is 9.47 Å². The second-order valence-electron chi connectivity index (χ2n) is 6.28. The molecule has 0 N–H and O–H groups in total. The number of fused-ring (bicyclic) bond motifs is 1. The lowest BCUT2D eigenvalue weighted by atomic mass is 10.1. The number of carbonyl (C=O) groups excluding carboxylic acids is 1. The molecule has 2 aromatic heterocycles. The predicted octanol–water partition coefficient (Wildman–Crippen LogP) is 1.46. The number of carbonyl (C=O) groups is 1. The summed E-state index contributed by atoms with van der Waals surface area (Å²) in [5.74, 6) is -0.0152. The van der Waals surface area contributed by atoms with Crippen molar-refractivity contribution in [3.8, 4) is 0 Å². The third-order valence-corrected chi connectivity index (χ3v) is 4.80. The summed E-state index contributed by atoms with van der Waals surface area (Å²) in [5.41, 5.74) is 1.46. The summed E-state index contributed by atoms with van der Waals surface area (Å²) in [7, 11) is 0. The topological polar surface area (TPSA) is 77.4 Å². The van der Waals surface area contributed by atoms with Crippen molar-refractivity contribution in [2.24, 2.45) is 0 Å². The lowest BCUT2D eigenvalue weighted by Gasteiger charge is -2.39. The van der Waals surface area contributed by atoms with Gasteiger partial charge in [-0.15, -0.1) is 0 Å². The molecule has 1 amide bonds. The van der Waals surface area contributed by atoms with Crippen molar-refractivity contribution in [2.45, 2.75) is 37.7 Å². The SMILES string of the molecule is O=C(c1ccnnc1)N1CCO[C@H]2[C@H](OCc3ccccn3)CC[C@@H]21. The molecule has 3 heterocycles. The maximum atomic E-state index is 12.8. The number of aromatic nitrogens is 3. The summed E-state index contributed by atoms with van der Waals surface area (Å²) in [4.78, 5) is 19.0. The van der Waals surface area contributed by atoms with Crippen LogP contribution < -0.4 is 0 Å². The summed E-state index contributed by atoms with van der Waals surface area (Å²) in [5, 5.41) is 7.54. The van der Waals surface area contributed by atoms with E-state index in [0.29, 0.717) is 25.3 Å². The van der Waals surface area contributed by atoms with Gasteiger partial charge in [-0.05, 0) is 31.0 Å². The van der Waals surface area contributed by atoms with Gasteiger partial charge in [0.25, 0.3) is 5.91 Å². The Morgan fingerprint density at radius 1 is 1.24 bits per heavy atom. The number of ether oxygens (including phenoxy) is 2. The Bertz CT molecular complexity index is 713. The number of morpholine rings is 1. The molecule has 2 aliphatic rings. The Labute approximate surface area is 146 Å². The number of pyridine rings is 1. The first-order valence-electron chi connectivity index (χ1n) is 8.54. The monoisotopic (exact) mass is 340 g/mol. The average Bonchev–Trinajstić information content (AvgIpc) is 3.10. The van der Waals surface area contributed by atoms with Gasteiger partial charge in [-0.25, -0.2) is 0 Å². The van der Waals surface area contributed by atoms with Crippen LogP contribution in [0.5, 0.6) is 0 Å². The van der Waals surface area contributed by atoms with E-state index >= 15 is 0 Å². The van der Waals surface area contributed by atoms with Crippen molar-refractivity contribution < 1.29 is 14.3 Å². The van der Waals surface area contributed by atoms with Gasteiger partial charge >= 0.3 is 0 Å². The first-order chi connectivity index (χ1) is 12.3. The molecule has 1 saturated carbocycles. The van der Waals surface area contributed by atoms with E-state index in [9.17, 15) is 4.79 Å². The number of hydrogen-bond acceptors (Lipinski definition) is 6. The second kappa shape index (κ2) is 7.25. The molecule has 7 nitrogen and oxygen atoms in total. The molecular formula is C18H20N4O3. The van der Waals surface area contributed by atoms with Crippen LogP contribution >= 0.6 is 0 Å². The normalized spacial score (nSPS) is 25.6. The summed E-state index contributed by atoms with van der Waals surface area (Å²) < 4.78 is 12.0. The molecule has 2 fully saturated rings. The fourth-order valence-electron chi connectivity index (χ4n) is 3.61. The molecule has 25 heavy (non-hydrogen) atoms. The number of hydrogen-bond donors (Lipinski definition) is 0. The fourth-order valence-corrected chi connectivity index (χ4v) is 3.61. The first-order valence-corrected chi connectivity index (χ1v) is 8.54. The van der Waals surface area contributed by atoms with Crippen molar-refractivity contribution in [2.75, 3.05) is 13.2 Å². The minimum absolute atomic E-state index is 0.0152. The van der Waals surface area contributed by atoms with E-state index in [-0.39, 0.29) is 24.2 Å². The molecule has 7 heteroatoms. The van der Waals surface area contributed by atoms with E-state index in [1.807, 2.05) is 23.1 Å². The number of rotatable bonds is 4. The molecule has 0 aromatic carbocycles. The summed E-state index contributed by atoms with van der Waals surface area (Å²) in [6, 6.07) is 7.52. The van der Waals surface area contributed by atoms with Crippen LogP contribution in [0.4, 0.5) is 0 Å². The van der Waals surface area contributed by atoms with E-state index in [0.717, 1.165) is 18.5 Å². The summed E-state index contributed by atoms with van der Waals surface area (Å²) in [6.45, 7) is 1.57. The zero-order chi connectivity index (χ0) is 17.1. The lowest BCUT2D eigenvalue weighted by Crippen LogP contribution is -2.53. The largest absolute Gasteiger partial charge is 0.372 e. The van der Waals surface area contributed by atoms with Crippen LogP contribution in [0.2, 0.25) is 0 Å². The molecule has 0 radical (unpaired) electrons. The Kier molecular flexibility index (Phi) is 4.67. The molecule has 1 aliphatic carbocycles. The van der Waals surface area contributed by atoms with Gasteiger partial charge in [0.1, 0.15) is 6.10 Å². The summed E-state index contributed by atoms with van der Waals surface area (Å²) in [6.07, 6.45) is 6.46. The van der Waals surface area contributed by atoms with Gasteiger partial charge in [-0.1, -0.05) is 6.07 Å². The zero-order valence-electron chi connectivity index (χ0n) is 13.8. The number of amides is 1. The third-order valence-electron chi connectivity index (χ3n) is 4.80. The Morgan fingerprint density at radius 3 is 3.00 bits per heavy atom. The van der Waals surface area contributed by atoms with Gasteiger partial charge in [0.2, 0.25) is 0 Å². The Hall–Kier alpha value is -2.38. The first kappa shape index (κ1) is 16.1. The van der Waals surface area contributed by atoms with Gasteiger partial charge in [-0.2, -0.15) is 10.2 Å². The van der Waals surface area contributed by atoms with Gasteiger partial charge < -0.3 is 14.4 Å². The molecule has 3 atom stereocenters. The van der Waals surface area contributed by atoms with Crippen LogP contribution in [-0.4, -0.2) is 57.4 Å². The molecule has 2 aromatic rings. The van der Waals surface area contributed by atoms with Crippen LogP contribution in [0.1, 0.15) is 28.9 Å². The maximum absolute atomic E-state index is 12.8. The molecule has 0 bridgehead atoms. The quantitative estimate of drug-likeness (QED) is 0.839. The van der Waals surface area contributed by atoms with Crippen molar-refractivity contribution in [1.29, 1.82) is 0 Å². The van der Waals surface area contributed by atoms with Crippen molar-refractivity contribution in [3.63, 3.8) is 0 Å². The smallest absolute Gasteiger partial charge is 0.255 e. The van der Waals surface area contributed by atoms with Gasteiger partial charge in [0.05, 0.1) is 49.0 Å². The van der Waals surface area contributed by atoms with Gasteiger partial charge in [0.15, 0.2) is 0 Å². The maximum Gasteiger partial charge on any atom is 0.255 e. The average molecular weight is 340 g/mol. The molecule has 1 saturated heterocycles. The summed E-state index contributed by atoms with van der Waals surface area (Å²) >= 11 is 0. The highest BCUT2D eigenvalue weighted by Gasteiger charge is 2.45. The second-order valence-corrected chi connectivity index (χ2v) is 6.28. The molecule has 130 valence electrons. The van der Waals surface area contributed by atoms with Crippen LogP contribution in [0, 0.1) is 0 Å². The Morgan fingerprint density at radius 2 is 2.20 bits per heavy atom. The highest BCUT2D eigenvalue weighted by atomic mass is 16.5. The van der Waals surface area contributed by atoms with E-state index in [1.165, 1.54) is 6.20 Å². The molecule has 4 rings (SSSR count). The van der Waals surface area contributed by atoms with E-state index in [2.05, 4.69) is 15.2 Å². The highest BCUT2D eigenvalue weighted by Crippen LogP contribution is 2.33. The van der Waals surface area contributed by atoms with Gasteiger partial charge in [-0.3, -0.25) is 9.78 Å². The third kappa shape index (κ3) is 3.38. The van der Waals surface area contributed by atoms with Crippen molar-refractivity contribution >= 4 is 5.91 Å². The number of nitrogens with zero attached hydrogens (tertiary/aromatic N) is 4. The fraction of sp³-hybridized carbons (Fsp3) is 0.444. The van der Waals surface area contributed by atoms with Crippen molar-refractivity contribution in [1.82, 2.24) is 20.1 Å². The van der Waals surface area contributed by atoms with Crippen LogP contribution in [0.3, 0.4) is 0 Å². The highest BCUT2D eigenvalue weighted by molar-refractivity contribution is 5.94. The molecular weight excluding hydrogens is 320 g/mol. The van der Waals surface area contributed by atoms with Crippen LogP contribution in [-0.2, 0) is 16.1 Å². The molecule has 1 aliphatic heterocycles. The van der Waals surface area contributed by atoms with Crippen LogP contribution in [0.15, 0.2) is 42.9 Å². The lowest BCUT2D eigenvalue weighted by molar-refractivity contribution is -0.109. The zero-order valence-corrected chi connectivity index (χ0v) is 13.8. The van der Waals surface area contributed by atoms with Crippen LogP contribution in [0.25, 0.3) is 0 Å². The predicted molar refractivity (Wildman–Crippen MR) is 88.6 cm³/mol. The van der Waals surface area contributed by atoms with Gasteiger partial charge in [0, 0.05) is 12.7 Å². The minimum atomic E-state index is -0.0868. The van der Waals surface area contributed by atoms with E-state index in [1.54, 1.807) is 18.5 Å².